The number of nitrogens with zero attached hydrogens (tertiary/aromatic N) is 2. The molecule has 2 heterocycles. The minimum absolute atomic E-state index is 0.186. The summed E-state index contributed by atoms with van der Waals surface area (Å²) in [5.41, 5.74) is 2.91. The summed E-state index contributed by atoms with van der Waals surface area (Å²) in [4.78, 5) is 23.9. The summed E-state index contributed by atoms with van der Waals surface area (Å²) in [5, 5.41) is 0. The van der Waals surface area contributed by atoms with Crippen LogP contribution in [0.1, 0.15) is 32.2 Å². The van der Waals surface area contributed by atoms with Crippen molar-refractivity contribution in [3.63, 3.8) is 0 Å². The Kier molecular flexibility index (Phi) is 3.79. The summed E-state index contributed by atoms with van der Waals surface area (Å²) in [7, 11) is 3.65. The van der Waals surface area contributed by atoms with Crippen molar-refractivity contribution >= 4 is 11.8 Å². The lowest BCUT2D eigenvalue weighted by Gasteiger charge is -2.05. The van der Waals surface area contributed by atoms with E-state index in [1.807, 2.05) is 31.5 Å². The molecule has 0 radical (unpaired) electrons. The number of aromatic nitrogens is 2. The number of esters is 1. The predicted molar refractivity (Wildman–Crippen MR) is 74.9 cm³/mol. The number of hydrogen-bond donors (Lipinski definition) is 0. The van der Waals surface area contributed by atoms with Crippen LogP contribution in [0.4, 0.5) is 0 Å². The predicted octanol–water partition coefficient (Wildman–Crippen LogP) is 2.02. The molecule has 0 bridgehead atoms. The third-order valence-corrected chi connectivity index (χ3v) is 3.56. The molecule has 20 heavy (non-hydrogen) atoms. The van der Waals surface area contributed by atoms with Crippen LogP contribution in [-0.4, -0.2) is 27.5 Å². The standard InChI is InChI=1S/C15H18N2O3/c1-10-8-12(11(2)17(10)4)14(18)9-20-15(19)13-6-5-7-16(13)3/h5-8H,9H2,1-4H3. The summed E-state index contributed by atoms with van der Waals surface area (Å²) < 4.78 is 8.66. The van der Waals surface area contributed by atoms with Crippen LogP contribution < -0.4 is 0 Å². The van der Waals surface area contributed by atoms with Gasteiger partial charge in [-0.05, 0) is 32.0 Å². The molecule has 0 amide bonds. The minimum Gasteiger partial charge on any atom is -0.453 e. The zero-order chi connectivity index (χ0) is 14.9. The van der Waals surface area contributed by atoms with Gasteiger partial charge >= 0.3 is 5.97 Å². The molecular formula is C15H18N2O3. The van der Waals surface area contributed by atoms with Crippen LogP contribution in [0.5, 0.6) is 0 Å². The Morgan fingerprint density at radius 3 is 2.45 bits per heavy atom. The fourth-order valence-corrected chi connectivity index (χ4v) is 2.09. The summed E-state index contributed by atoms with van der Waals surface area (Å²) in [6, 6.07) is 5.22. The molecule has 0 N–H and O–H groups in total. The van der Waals surface area contributed by atoms with Gasteiger partial charge in [0.2, 0.25) is 5.78 Å². The van der Waals surface area contributed by atoms with Crippen molar-refractivity contribution in [1.82, 2.24) is 9.13 Å². The van der Waals surface area contributed by atoms with Crippen molar-refractivity contribution in [1.29, 1.82) is 0 Å². The molecule has 2 rings (SSSR count). The second-order valence-electron chi connectivity index (χ2n) is 4.85. The molecule has 0 aliphatic carbocycles. The zero-order valence-electron chi connectivity index (χ0n) is 12.1. The average Bonchev–Trinajstić information content (AvgIpc) is 2.95. The molecule has 5 heteroatoms. The summed E-state index contributed by atoms with van der Waals surface area (Å²) in [6.45, 7) is 3.56. The number of ether oxygens (including phenoxy) is 1. The Balaban J connectivity index is 2.04. The smallest absolute Gasteiger partial charge is 0.355 e. The molecule has 0 saturated carbocycles. The fourth-order valence-electron chi connectivity index (χ4n) is 2.09. The van der Waals surface area contributed by atoms with Gasteiger partial charge in [-0.1, -0.05) is 0 Å². The number of carbonyl (C=O) groups is 2. The van der Waals surface area contributed by atoms with E-state index in [-0.39, 0.29) is 12.4 Å². The number of Topliss-reactive ketones (excluding diaryl/α,β-unsaturated/α-hetero) is 1. The topological polar surface area (TPSA) is 53.2 Å². The maximum Gasteiger partial charge on any atom is 0.355 e. The van der Waals surface area contributed by atoms with E-state index in [0.29, 0.717) is 11.3 Å². The van der Waals surface area contributed by atoms with E-state index in [0.717, 1.165) is 11.4 Å². The van der Waals surface area contributed by atoms with Gasteiger partial charge in [0, 0.05) is 37.2 Å². The lowest BCUT2D eigenvalue weighted by molar-refractivity contribution is 0.0465. The van der Waals surface area contributed by atoms with Crippen LogP contribution in [0.15, 0.2) is 24.4 Å². The van der Waals surface area contributed by atoms with Crippen LogP contribution in [-0.2, 0) is 18.8 Å². The molecule has 0 aliphatic rings. The number of hydrogen-bond acceptors (Lipinski definition) is 3. The van der Waals surface area contributed by atoms with E-state index in [9.17, 15) is 9.59 Å². The van der Waals surface area contributed by atoms with Gasteiger partial charge in [-0.25, -0.2) is 4.79 Å². The van der Waals surface area contributed by atoms with Crippen LogP contribution >= 0.6 is 0 Å². The largest absolute Gasteiger partial charge is 0.453 e. The Labute approximate surface area is 117 Å². The van der Waals surface area contributed by atoms with Crippen molar-refractivity contribution in [3.05, 3.63) is 47.0 Å². The van der Waals surface area contributed by atoms with Gasteiger partial charge in [-0.15, -0.1) is 0 Å². The molecule has 106 valence electrons. The van der Waals surface area contributed by atoms with Crippen molar-refractivity contribution in [2.45, 2.75) is 13.8 Å². The molecule has 2 aromatic rings. The SMILES string of the molecule is Cc1cc(C(=O)COC(=O)c2cccn2C)c(C)n1C. The maximum atomic E-state index is 12.1. The molecule has 5 nitrogen and oxygen atoms in total. The van der Waals surface area contributed by atoms with Gasteiger partial charge in [0.1, 0.15) is 5.69 Å². The minimum atomic E-state index is -0.490. The highest BCUT2D eigenvalue weighted by molar-refractivity contribution is 6.00. The van der Waals surface area contributed by atoms with Crippen LogP contribution in [0, 0.1) is 13.8 Å². The Morgan fingerprint density at radius 2 is 1.95 bits per heavy atom. The summed E-state index contributed by atoms with van der Waals surface area (Å²) in [6.07, 6.45) is 1.75. The molecule has 0 fully saturated rings. The highest BCUT2D eigenvalue weighted by Gasteiger charge is 2.17. The number of carbonyl (C=O) groups excluding carboxylic acids is 2. The Hall–Kier alpha value is -2.30. The first kappa shape index (κ1) is 14.1. The van der Waals surface area contributed by atoms with E-state index in [1.54, 1.807) is 29.9 Å². The number of aryl methyl sites for hydroxylation is 2. The van der Waals surface area contributed by atoms with E-state index in [2.05, 4.69) is 0 Å². The quantitative estimate of drug-likeness (QED) is 0.633. The normalized spacial score (nSPS) is 10.6. The third-order valence-electron chi connectivity index (χ3n) is 3.56. The van der Waals surface area contributed by atoms with Gasteiger partial charge in [0.25, 0.3) is 0 Å². The molecular weight excluding hydrogens is 256 g/mol. The third kappa shape index (κ3) is 2.52. The van der Waals surface area contributed by atoms with E-state index < -0.39 is 5.97 Å². The second-order valence-corrected chi connectivity index (χ2v) is 4.85. The van der Waals surface area contributed by atoms with Crippen LogP contribution in [0.25, 0.3) is 0 Å². The first-order valence-corrected chi connectivity index (χ1v) is 6.36. The highest BCUT2D eigenvalue weighted by atomic mass is 16.5. The first-order valence-electron chi connectivity index (χ1n) is 6.36. The van der Waals surface area contributed by atoms with Crippen LogP contribution in [0.2, 0.25) is 0 Å². The van der Waals surface area contributed by atoms with Gasteiger partial charge < -0.3 is 13.9 Å². The zero-order valence-corrected chi connectivity index (χ0v) is 12.1. The van der Waals surface area contributed by atoms with Gasteiger partial charge in [-0.2, -0.15) is 0 Å². The van der Waals surface area contributed by atoms with Crippen LogP contribution in [0.3, 0.4) is 0 Å². The fraction of sp³-hybridized carbons (Fsp3) is 0.333. The van der Waals surface area contributed by atoms with Gasteiger partial charge in [0.05, 0.1) is 0 Å². The molecule has 0 spiro atoms. The Bertz CT molecular complexity index is 665. The molecule has 0 unspecified atom stereocenters. The Morgan fingerprint density at radius 1 is 1.25 bits per heavy atom. The molecule has 0 aliphatic heterocycles. The lowest BCUT2D eigenvalue weighted by atomic mass is 10.1. The highest BCUT2D eigenvalue weighted by Crippen LogP contribution is 2.14. The molecule has 2 aromatic heterocycles. The van der Waals surface area contributed by atoms with E-state index in [1.165, 1.54) is 0 Å². The number of rotatable bonds is 4. The monoisotopic (exact) mass is 274 g/mol. The van der Waals surface area contributed by atoms with Gasteiger partial charge in [0.15, 0.2) is 6.61 Å². The van der Waals surface area contributed by atoms with Crippen molar-refractivity contribution in [2.75, 3.05) is 6.61 Å². The maximum absolute atomic E-state index is 12.1. The van der Waals surface area contributed by atoms with Gasteiger partial charge in [-0.3, -0.25) is 4.79 Å². The van der Waals surface area contributed by atoms with E-state index in [4.69, 9.17) is 4.74 Å². The van der Waals surface area contributed by atoms with E-state index >= 15 is 0 Å². The summed E-state index contributed by atoms with van der Waals surface area (Å²) >= 11 is 0. The van der Waals surface area contributed by atoms with Crippen molar-refractivity contribution in [2.24, 2.45) is 14.1 Å². The van der Waals surface area contributed by atoms with Crippen molar-refractivity contribution in [3.8, 4) is 0 Å². The molecule has 0 atom stereocenters. The number of ketones is 1. The average molecular weight is 274 g/mol. The van der Waals surface area contributed by atoms with Crippen molar-refractivity contribution < 1.29 is 14.3 Å². The lowest BCUT2D eigenvalue weighted by Crippen LogP contribution is -2.16. The molecule has 0 saturated heterocycles. The summed E-state index contributed by atoms with van der Waals surface area (Å²) in [5.74, 6) is -0.676. The first-order chi connectivity index (χ1) is 9.41. The second kappa shape index (κ2) is 5.36. The molecule has 0 aromatic carbocycles.